The van der Waals surface area contributed by atoms with Crippen LogP contribution < -0.4 is 29.1 Å². The zero-order chi connectivity index (χ0) is 29.8. The molecular formula is C32H29ClN2O6S. The maximum Gasteiger partial charge on any atom is 0.338 e. The van der Waals surface area contributed by atoms with E-state index >= 15 is 0 Å². The van der Waals surface area contributed by atoms with Gasteiger partial charge in [-0.1, -0.05) is 59.3 Å². The monoisotopic (exact) mass is 604 g/mol. The van der Waals surface area contributed by atoms with Gasteiger partial charge in [-0.15, -0.1) is 0 Å². The Bertz CT molecular complexity index is 1840. The zero-order valence-electron chi connectivity index (χ0n) is 23.5. The maximum absolute atomic E-state index is 13.9. The molecule has 0 fully saturated rings. The van der Waals surface area contributed by atoms with E-state index < -0.39 is 12.0 Å². The van der Waals surface area contributed by atoms with Gasteiger partial charge in [0.15, 0.2) is 16.3 Å². The van der Waals surface area contributed by atoms with E-state index in [9.17, 15) is 9.59 Å². The second-order valence-corrected chi connectivity index (χ2v) is 10.8. The molecule has 0 N–H and O–H groups in total. The molecule has 0 bridgehead atoms. The molecule has 3 aromatic carbocycles. The van der Waals surface area contributed by atoms with Crippen LogP contribution in [0.15, 0.2) is 87.8 Å². The van der Waals surface area contributed by atoms with Crippen molar-refractivity contribution in [2.75, 3.05) is 20.8 Å². The molecular weight excluding hydrogens is 576 g/mol. The van der Waals surface area contributed by atoms with Crippen LogP contribution in [0, 0.1) is 0 Å². The predicted molar refractivity (Wildman–Crippen MR) is 162 cm³/mol. The normalized spacial score (nSPS) is 14.7. The summed E-state index contributed by atoms with van der Waals surface area (Å²) in [6, 6.07) is 19.5. The van der Waals surface area contributed by atoms with Gasteiger partial charge in [-0.05, 0) is 61.4 Å². The number of carbonyl (C=O) groups is 1. The highest BCUT2D eigenvalue weighted by Gasteiger charge is 2.33. The topological polar surface area (TPSA) is 88.4 Å². The van der Waals surface area contributed by atoms with Crippen molar-refractivity contribution < 1.29 is 23.7 Å². The van der Waals surface area contributed by atoms with Crippen LogP contribution in [0.25, 0.3) is 6.08 Å². The molecule has 1 aliphatic rings. The molecule has 1 atom stereocenters. The number of nitrogens with zero attached hydrogens (tertiary/aromatic N) is 2. The van der Waals surface area contributed by atoms with Crippen molar-refractivity contribution >= 4 is 35.0 Å². The van der Waals surface area contributed by atoms with E-state index in [0.29, 0.717) is 42.9 Å². The van der Waals surface area contributed by atoms with Gasteiger partial charge < -0.3 is 18.9 Å². The minimum Gasteiger partial charge on any atom is -0.497 e. The van der Waals surface area contributed by atoms with Gasteiger partial charge in [0.05, 0.1) is 42.7 Å². The first kappa shape index (κ1) is 29.2. The molecule has 2 heterocycles. The second-order valence-electron chi connectivity index (χ2n) is 9.37. The van der Waals surface area contributed by atoms with E-state index in [1.165, 1.54) is 11.3 Å². The molecule has 42 heavy (non-hydrogen) atoms. The third-order valence-electron chi connectivity index (χ3n) is 6.78. The number of carbonyl (C=O) groups excluding carboxylic acids is 1. The summed E-state index contributed by atoms with van der Waals surface area (Å²) in [4.78, 5) is 32.1. The van der Waals surface area contributed by atoms with Crippen LogP contribution in [0.1, 0.15) is 36.6 Å². The van der Waals surface area contributed by atoms with Gasteiger partial charge in [0, 0.05) is 10.6 Å². The minimum atomic E-state index is -0.705. The number of hydrogen-bond acceptors (Lipinski definition) is 8. The Balaban J connectivity index is 1.54. The standard InChI is InChI=1S/C32H29ClN2O6S/c1-5-40-31(37)28-19(2)34-32-35(29(28)21-11-13-23(38-3)14-12-21)30(36)27(42-32)17-20-10-15-25(26(16-20)39-4)41-18-22-8-6-7-9-24(22)33/h6-17,29H,5,18H2,1-4H3/b27-17-. The Morgan fingerprint density at radius 3 is 2.50 bits per heavy atom. The van der Waals surface area contributed by atoms with Crippen LogP contribution in [-0.4, -0.2) is 31.4 Å². The lowest BCUT2D eigenvalue weighted by Crippen LogP contribution is -2.39. The third-order valence-corrected chi connectivity index (χ3v) is 8.13. The van der Waals surface area contributed by atoms with Gasteiger partial charge in [-0.25, -0.2) is 9.79 Å². The molecule has 10 heteroatoms. The molecule has 0 saturated heterocycles. The lowest BCUT2D eigenvalue weighted by molar-refractivity contribution is -0.139. The van der Waals surface area contributed by atoms with Crippen molar-refractivity contribution in [1.29, 1.82) is 0 Å². The Morgan fingerprint density at radius 1 is 1.05 bits per heavy atom. The molecule has 0 spiro atoms. The molecule has 1 aliphatic heterocycles. The van der Waals surface area contributed by atoms with Crippen LogP contribution >= 0.6 is 22.9 Å². The molecule has 8 nitrogen and oxygen atoms in total. The summed E-state index contributed by atoms with van der Waals surface area (Å²) >= 11 is 7.51. The van der Waals surface area contributed by atoms with Crippen molar-refractivity contribution in [1.82, 2.24) is 4.57 Å². The molecule has 5 rings (SSSR count). The molecule has 0 aliphatic carbocycles. The fraction of sp³-hybridized carbons (Fsp3) is 0.219. The van der Waals surface area contributed by atoms with Gasteiger partial charge in [0.1, 0.15) is 12.4 Å². The number of hydrogen-bond donors (Lipinski definition) is 0. The van der Waals surface area contributed by atoms with Crippen LogP contribution in [0.4, 0.5) is 0 Å². The summed E-state index contributed by atoms with van der Waals surface area (Å²) in [5.74, 6) is 1.22. The zero-order valence-corrected chi connectivity index (χ0v) is 25.1. The van der Waals surface area contributed by atoms with E-state index in [1.807, 2.05) is 42.5 Å². The van der Waals surface area contributed by atoms with Crippen molar-refractivity contribution in [3.05, 3.63) is 119 Å². The summed E-state index contributed by atoms with van der Waals surface area (Å²) < 4.78 is 24.2. The highest BCUT2D eigenvalue weighted by Crippen LogP contribution is 2.32. The molecule has 1 aromatic heterocycles. The molecule has 4 aromatic rings. The number of thiazole rings is 1. The maximum atomic E-state index is 13.9. The number of ether oxygens (including phenoxy) is 4. The quantitative estimate of drug-likeness (QED) is 0.249. The minimum absolute atomic E-state index is 0.204. The van der Waals surface area contributed by atoms with E-state index in [-0.39, 0.29) is 18.8 Å². The molecule has 0 saturated carbocycles. The number of fused-ring (bicyclic) bond motifs is 1. The van der Waals surface area contributed by atoms with Gasteiger partial charge in [0.25, 0.3) is 5.56 Å². The lowest BCUT2D eigenvalue weighted by atomic mass is 9.96. The summed E-state index contributed by atoms with van der Waals surface area (Å²) in [5, 5.41) is 0.623. The SMILES string of the molecule is CCOC(=O)C1=C(C)N=c2s/c(=C\c3ccc(OCc4ccccc4Cl)c(OC)c3)c(=O)n2C1c1ccc(OC)cc1. The number of methoxy groups -OCH3 is 2. The van der Waals surface area contributed by atoms with Gasteiger partial charge >= 0.3 is 5.97 Å². The summed E-state index contributed by atoms with van der Waals surface area (Å²) in [5.41, 5.74) is 2.89. The Hall–Kier alpha value is -4.34. The number of rotatable bonds is 9. The van der Waals surface area contributed by atoms with Crippen molar-refractivity contribution in [3.63, 3.8) is 0 Å². The number of halogens is 1. The fourth-order valence-corrected chi connectivity index (χ4v) is 5.95. The van der Waals surface area contributed by atoms with E-state index in [2.05, 4.69) is 4.99 Å². The number of esters is 1. The molecule has 216 valence electrons. The summed E-state index contributed by atoms with van der Waals surface area (Å²) in [6.45, 7) is 3.98. The molecule has 0 radical (unpaired) electrons. The Morgan fingerprint density at radius 2 is 1.81 bits per heavy atom. The van der Waals surface area contributed by atoms with E-state index in [0.717, 1.165) is 16.7 Å². The first-order valence-corrected chi connectivity index (χ1v) is 14.4. The largest absolute Gasteiger partial charge is 0.497 e. The highest BCUT2D eigenvalue weighted by molar-refractivity contribution is 7.07. The van der Waals surface area contributed by atoms with E-state index in [4.69, 9.17) is 30.5 Å². The van der Waals surface area contributed by atoms with Crippen LogP contribution in [0.5, 0.6) is 17.2 Å². The van der Waals surface area contributed by atoms with Gasteiger partial charge in [-0.3, -0.25) is 9.36 Å². The number of allylic oxidation sites excluding steroid dienone is 1. The average molecular weight is 605 g/mol. The Kier molecular flexibility index (Phi) is 8.80. The van der Waals surface area contributed by atoms with Crippen molar-refractivity contribution in [2.24, 2.45) is 4.99 Å². The summed E-state index contributed by atoms with van der Waals surface area (Å²) in [7, 11) is 3.14. The number of aromatic nitrogens is 1. The van der Waals surface area contributed by atoms with Crippen molar-refractivity contribution in [3.8, 4) is 17.2 Å². The first-order valence-electron chi connectivity index (χ1n) is 13.2. The molecule has 1 unspecified atom stereocenters. The van der Waals surface area contributed by atoms with Crippen LogP contribution in [-0.2, 0) is 16.1 Å². The molecule has 0 amide bonds. The summed E-state index contributed by atoms with van der Waals surface area (Å²) in [6.07, 6.45) is 1.78. The van der Waals surface area contributed by atoms with Crippen LogP contribution in [0.3, 0.4) is 0 Å². The fourth-order valence-electron chi connectivity index (χ4n) is 4.71. The van der Waals surface area contributed by atoms with Gasteiger partial charge in [-0.2, -0.15) is 0 Å². The lowest BCUT2D eigenvalue weighted by Gasteiger charge is -2.24. The number of benzene rings is 3. The smallest absolute Gasteiger partial charge is 0.338 e. The van der Waals surface area contributed by atoms with E-state index in [1.54, 1.807) is 63.0 Å². The first-order chi connectivity index (χ1) is 20.3. The predicted octanol–water partition coefficient (Wildman–Crippen LogP) is 5.05. The third kappa shape index (κ3) is 5.84. The Labute approximate surface area is 251 Å². The van der Waals surface area contributed by atoms with Crippen molar-refractivity contribution in [2.45, 2.75) is 26.5 Å². The highest BCUT2D eigenvalue weighted by atomic mass is 35.5. The van der Waals surface area contributed by atoms with Gasteiger partial charge in [0.2, 0.25) is 0 Å². The van der Waals surface area contributed by atoms with Crippen LogP contribution in [0.2, 0.25) is 5.02 Å². The second kappa shape index (κ2) is 12.7. The average Bonchev–Trinajstić information content (AvgIpc) is 3.30.